The van der Waals surface area contributed by atoms with Crippen molar-refractivity contribution in [2.24, 2.45) is 0 Å². The summed E-state index contributed by atoms with van der Waals surface area (Å²) in [6.07, 6.45) is 3.84. The normalized spacial score (nSPS) is 17.4. The van der Waals surface area contributed by atoms with Crippen molar-refractivity contribution in [2.75, 3.05) is 13.1 Å². The number of hydrogen-bond donors (Lipinski definition) is 3. The number of H-pyrrole nitrogens is 2. The van der Waals surface area contributed by atoms with Crippen LogP contribution >= 0.6 is 0 Å². The first-order valence-electron chi connectivity index (χ1n) is 8.72. The number of rotatable bonds is 2. The van der Waals surface area contributed by atoms with E-state index in [1.54, 1.807) is 0 Å². The Bertz CT molecular complexity index is 1130. The lowest BCUT2D eigenvalue weighted by Crippen LogP contribution is -2.26. The van der Waals surface area contributed by atoms with Crippen LogP contribution in [0.3, 0.4) is 0 Å². The second-order valence-electron chi connectivity index (χ2n) is 6.81. The predicted molar refractivity (Wildman–Crippen MR) is 100 cm³/mol. The zero-order chi connectivity index (χ0) is 17.7. The molecule has 1 saturated heterocycles. The van der Waals surface area contributed by atoms with Gasteiger partial charge in [-0.05, 0) is 30.2 Å². The molecule has 4 aromatic rings. The lowest BCUT2D eigenvalue weighted by atomic mass is 10.0. The number of aromatic nitrogens is 3. The van der Waals surface area contributed by atoms with Crippen molar-refractivity contribution in [3.63, 3.8) is 0 Å². The van der Waals surface area contributed by atoms with Crippen LogP contribution in [0.4, 0.5) is 4.79 Å². The van der Waals surface area contributed by atoms with Crippen LogP contribution in [-0.2, 0) is 0 Å². The molecule has 0 aliphatic carbocycles. The van der Waals surface area contributed by atoms with Gasteiger partial charge in [-0.2, -0.15) is 0 Å². The molecule has 1 fully saturated rings. The number of hydrogen-bond acceptors (Lipinski definition) is 2. The van der Waals surface area contributed by atoms with Gasteiger partial charge in [0.15, 0.2) is 0 Å². The average Bonchev–Trinajstić information content (AvgIpc) is 3.37. The zero-order valence-electron chi connectivity index (χ0n) is 14.1. The summed E-state index contributed by atoms with van der Waals surface area (Å²) < 4.78 is 0. The van der Waals surface area contributed by atoms with Crippen LogP contribution in [0.5, 0.6) is 0 Å². The highest BCUT2D eigenvalue weighted by Gasteiger charge is 2.28. The van der Waals surface area contributed by atoms with Crippen LogP contribution < -0.4 is 0 Å². The van der Waals surface area contributed by atoms with E-state index in [1.807, 2.05) is 30.6 Å². The molecule has 5 rings (SSSR count). The second kappa shape index (κ2) is 5.62. The molecule has 1 atom stereocenters. The minimum atomic E-state index is -0.846. The summed E-state index contributed by atoms with van der Waals surface area (Å²) >= 11 is 0. The summed E-state index contributed by atoms with van der Waals surface area (Å²) in [5, 5.41) is 11.4. The van der Waals surface area contributed by atoms with E-state index < -0.39 is 6.09 Å². The number of nitrogens with one attached hydrogen (secondary N) is 2. The molecule has 0 radical (unpaired) electrons. The minimum Gasteiger partial charge on any atom is -0.465 e. The van der Waals surface area contributed by atoms with Gasteiger partial charge in [0.1, 0.15) is 5.65 Å². The Morgan fingerprint density at radius 1 is 1.19 bits per heavy atom. The predicted octanol–water partition coefficient (Wildman–Crippen LogP) is 4.18. The van der Waals surface area contributed by atoms with Crippen LogP contribution in [0.15, 0.2) is 48.8 Å². The monoisotopic (exact) mass is 346 g/mol. The van der Waals surface area contributed by atoms with Crippen molar-refractivity contribution >= 4 is 28.0 Å². The third-order valence-corrected chi connectivity index (χ3v) is 5.33. The number of nitrogens with zero attached hydrogens (tertiary/aromatic N) is 2. The highest BCUT2D eigenvalue weighted by atomic mass is 16.4. The number of likely N-dealkylation sites (tertiary alicyclic amines) is 1. The van der Waals surface area contributed by atoms with Crippen molar-refractivity contribution in [1.29, 1.82) is 0 Å². The van der Waals surface area contributed by atoms with Crippen LogP contribution in [0.1, 0.15) is 18.0 Å². The summed E-state index contributed by atoms with van der Waals surface area (Å²) in [4.78, 5) is 23.9. The molecule has 1 aliphatic heterocycles. The van der Waals surface area contributed by atoms with Crippen molar-refractivity contribution in [3.05, 3.63) is 54.5 Å². The maximum absolute atomic E-state index is 11.2. The molecule has 1 unspecified atom stereocenters. The van der Waals surface area contributed by atoms with E-state index in [-0.39, 0.29) is 5.92 Å². The zero-order valence-corrected chi connectivity index (χ0v) is 14.1. The molecule has 26 heavy (non-hydrogen) atoms. The summed E-state index contributed by atoms with van der Waals surface area (Å²) in [6.45, 7) is 1.11. The molecule has 0 saturated carbocycles. The Labute approximate surface area is 149 Å². The standard InChI is InChI=1S/C20H18N4O2/c25-20(26)24-8-6-12(11-24)18-9-15-13(5-7-21-19(15)23-18)16-10-22-17-4-2-1-3-14(16)17/h1-5,7,9-10,12,22H,6,8,11H2,(H,21,23)(H,25,26). The number of fused-ring (bicyclic) bond motifs is 2. The van der Waals surface area contributed by atoms with Crippen LogP contribution in [0.2, 0.25) is 0 Å². The highest BCUT2D eigenvalue weighted by molar-refractivity contribution is 6.03. The van der Waals surface area contributed by atoms with Gasteiger partial charge in [0.2, 0.25) is 0 Å². The Morgan fingerprint density at radius 2 is 2.08 bits per heavy atom. The molecule has 0 spiro atoms. The second-order valence-corrected chi connectivity index (χ2v) is 6.81. The van der Waals surface area contributed by atoms with Gasteiger partial charge >= 0.3 is 6.09 Å². The lowest BCUT2D eigenvalue weighted by molar-refractivity contribution is 0.155. The molecule has 3 N–H and O–H groups in total. The third kappa shape index (κ3) is 2.26. The fourth-order valence-corrected chi connectivity index (χ4v) is 3.98. The van der Waals surface area contributed by atoms with E-state index in [4.69, 9.17) is 0 Å². The van der Waals surface area contributed by atoms with Gasteiger partial charge < -0.3 is 20.0 Å². The molecule has 1 amide bonds. The minimum absolute atomic E-state index is 0.191. The van der Waals surface area contributed by atoms with Crippen molar-refractivity contribution in [2.45, 2.75) is 12.3 Å². The summed E-state index contributed by atoms with van der Waals surface area (Å²) in [7, 11) is 0. The number of carbonyl (C=O) groups is 1. The Kier molecular flexibility index (Phi) is 3.25. The number of aromatic amines is 2. The van der Waals surface area contributed by atoms with Crippen LogP contribution in [0, 0.1) is 0 Å². The van der Waals surface area contributed by atoms with Crippen LogP contribution in [-0.4, -0.2) is 44.1 Å². The molecular weight excluding hydrogens is 328 g/mol. The van der Waals surface area contributed by atoms with Gasteiger partial charge in [-0.1, -0.05) is 18.2 Å². The van der Waals surface area contributed by atoms with Gasteiger partial charge in [0.05, 0.1) is 0 Å². The maximum atomic E-state index is 11.2. The van der Waals surface area contributed by atoms with E-state index in [2.05, 4.69) is 33.2 Å². The van der Waals surface area contributed by atoms with Crippen molar-refractivity contribution < 1.29 is 9.90 Å². The van der Waals surface area contributed by atoms with Crippen molar-refractivity contribution in [3.8, 4) is 11.1 Å². The molecule has 3 aromatic heterocycles. The SMILES string of the molecule is O=C(O)N1CCC(c2cc3c(-c4c[nH]c5ccccc45)ccnc3[nH]2)C1. The Morgan fingerprint density at radius 3 is 2.92 bits per heavy atom. The number of benzene rings is 1. The smallest absolute Gasteiger partial charge is 0.407 e. The lowest BCUT2D eigenvalue weighted by Gasteiger charge is -2.10. The average molecular weight is 346 g/mol. The third-order valence-electron chi connectivity index (χ3n) is 5.33. The number of amides is 1. The number of carboxylic acid groups (broad SMARTS) is 1. The Hall–Kier alpha value is -3.28. The van der Waals surface area contributed by atoms with Gasteiger partial charge in [-0.3, -0.25) is 0 Å². The largest absolute Gasteiger partial charge is 0.465 e. The fraction of sp³-hybridized carbons (Fsp3) is 0.200. The first-order chi connectivity index (χ1) is 12.7. The van der Waals surface area contributed by atoms with Crippen molar-refractivity contribution in [1.82, 2.24) is 19.9 Å². The quantitative estimate of drug-likeness (QED) is 0.509. The molecule has 0 bridgehead atoms. The topological polar surface area (TPSA) is 85.0 Å². The number of para-hydroxylation sites is 1. The first kappa shape index (κ1) is 15.0. The summed E-state index contributed by atoms with van der Waals surface area (Å²) in [5.74, 6) is 0.191. The number of pyridine rings is 1. The molecule has 1 aliphatic rings. The molecule has 1 aromatic carbocycles. The van der Waals surface area contributed by atoms with Gasteiger partial charge in [-0.25, -0.2) is 9.78 Å². The van der Waals surface area contributed by atoms with E-state index >= 15 is 0 Å². The summed E-state index contributed by atoms with van der Waals surface area (Å²) in [6, 6.07) is 12.4. The maximum Gasteiger partial charge on any atom is 0.407 e. The molecule has 6 nitrogen and oxygen atoms in total. The van der Waals surface area contributed by atoms with Gasteiger partial charge in [0.25, 0.3) is 0 Å². The molecular formula is C20H18N4O2. The molecule has 6 heteroatoms. The highest BCUT2D eigenvalue weighted by Crippen LogP contribution is 2.36. The van der Waals surface area contributed by atoms with E-state index in [1.165, 1.54) is 10.3 Å². The van der Waals surface area contributed by atoms with Gasteiger partial charge in [0, 0.05) is 58.9 Å². The van der Waals surface area contributed by atoms with Crippen LogP contribution in [0.25, 0.3) is 33.1 Å². The fourth-order valence-electron chi connectivity index (χ4n) is 3.98. The van der Waals surface area contributed by atoms with E-state index in [0.717, 1.165) is 39.8 Å². The molecule has 130 valence electrons. The molecule has 4 heterocycles. The van der Waals surface area contributed by atoms with Gasteiger partial charge in [-0.15, -0.1) is 0 Å². The first-order valence-corrected chi connectivity index (χ1v) is 8.72. The Balaban J connectivity index is 1.60. The van der Waals surface area contributed by atoms with E-state index in [9.17, 15) is 9.90 Å². The summed E-state index contributed by atoms with van der Waals surface area (Å²) in [5.41, 5.74) is 5.29. The van der Waals surface area contributed by atoms with E-state index in [0.29, 0.717) is 13.1 Å².